The molecule has 0 bridgehead atoms. The summed E-state index contributed by atoms with van der Waals surface area (Å²) < 4.78 is 27.2. The van der Waals surface area contributed by atoms with Gasteiger partial charge in [0.2, 0.25) is 10.0 Å². The van der Waals surface area contributed by atoms with Gasteiger partial charge in [0, 0.05) is 42.8 Å². The third kappa shape index (κ3) is 4.98. The van der Waals surface area contributed by atoms with Crippen molar-refractivity contribution in [2.75, 3.05) is 26.2 Å². The van der Waals surface area contributed by atoms with E-state index in [1.807, 2.05) is 6.07 Å². The number of aromatic nitrogens is 1. The molecule has 1 unspecified atom stereocenters. The van der Waals surface area contributed by atoms with Gasteiger partial charge < -0.3 is 15.5 Å². The molecule has 26 heavy (non-hydrogen) atoms. The summed E-state index contributed by atoms with van der Waals surface area (Å²) in [7, 11) is -3.45. The van der Waals surface area contributed by atoms with Crippen LogP contribution in [0.1, 0.15) is 13.3 Å². The maximum absolute atomic E-state index is 12.8. The van der Waals surface area contributed by atoms with Crippen LogP contribution in [0.5, 0.6) is 0 Å². The normalized spacial score (nSPS) is 17.0. The van der Waals surface area contributed by atoms with Gasteiger partial charge in [0.25, 0.3) is 0 Å². The van der Waals surface area contributed by atoms with E-state index in [-0.39, 0.29) is 0 Å². The lowest BCUT2D eigenvalue weighted by Gasteiger charge is -2.20. The first-order valence-electron chi connectivity index (χ1n) is 8.28. The van der Waals surface area contributed by atoms with Gasteiger partial charge >= 0.3 is 5.97 Å². The van der Waals surface area contributed by atoms with Crippen molar-refractivity contribution in [3.05, 3.63) is 36.7 Å². The Morgan fingerprint density at radius 2 is 2.00 bits per heavy atom. The van der Waals surface area contributed by atoms with Crippen LogP contribution in [0.25, 0.3) is 10.8 Å². The zero-order valence-corrected chi connectivity index (χ0v) is 15.3. The molecule has 1 aliphatic heterocycles. The number of carbonyl (C=O) groups is 1. The predicted molar refractivity (Wildman–Crippen MR) is 97.3 cm³/mol. The van der Waals surface area contributed by atoms with Crippen molar-refractivity contribution in [1.29, 1.82) is 0 Å². The first-order valence-corrected chi connectivity index (χ1v) is 9.72. The molecule has 9 heteroatoms. The number of rotatable bonds is 3. The van der Waals surface area contributed by atoms with Crippen LogP contribution < -0.4 is 5.32 Å². The molecule has 1 saturated heterocycles. The second kappa shape index (κ2) is 9.04. The van der Waals surface area contributed by atoms with Gasteiger partial charge in [-0.05, 0) is 32.0 Å². The van der Waals surface area contributed by atoms with Crippen LogP contribution >= 0.6 is 0 Å². The molecule has 2 aromatic rings. The number of hydrogen-bond donors (Lipinski definition) is 3. The first-order chi connectivity index (χ1) is 12.3. The molecule has 2 heterocycles. The Balaban J connectivity index is 0.000000352. The zero-order chi connectivity index (χ0) is 19.2. The number of nitrogens with one attached hydrogen (secondary N) is 1. The standard InChI is InChI=1S/C14H17N3O2S.C3H6O3/c18-20(19,17-9-2-6-15-8-10-17)14-4-1-3-12-11-16-7-5-13(12)14;1-2(4)3(5)6/h1,3-5,7,11,15H,2,6,8-10H2;2,4H,1H3,(H,5,6). The van der Waals surface area contributed by atoms with E-state index in [9.17, 15) is 13.2 Å². The van der Waals surface area contributed by atoms with Gasteiger partial charge in [0.1, 0.15) is 6.10 Å². The molecule has 1 fully saturated rings. The number of carboxylic acid groups (broad SMARTS) is 1. The van der Waals surface area contributed by atoms with Gasteiger partial charge in [0.05, 0.1) is 4.90 Å². The Morgan fingerprint density at radius 1 is 1.27 bits per heavy atom. The summed E-state index contributed by atoms with van der Waals surface area (Å²) in [4.78, 5) is 13.9. The molecule has 0 spiro atoms. The Kier molecular flexibility index (Phi) is 7.04. The predicted octanol–water partition coefficient (Wildman–Crippen LogP) is 0.671. The van der Waals surface area contributed by atoms with Gasteiger partial charge in [-0.25, -0.2) is 13.2 Å². The number of aliphatic carboxylic acids is 1. The second-order valence-corrected chi connectivity index (χ2v) is 7.78. The smallest absolute Gasteiger partial charge is 0.332 e. The van der Waals surface area contributed by atoms with E-state index in [4.69, 9.17) is 10.2 Å². The van der Waals surface area contributed by atoms with Crippen molar-refractivity contribution in [2.24, 2.45) is 0 Å². The van der Waals surface area contributed by atoms with Gasteiger partial charge in [-0.2, -0.15) is 4.31 Å². The summed E-state index contributed by atoms with van der Waals surface area (Å²) in [6, 6.07) is 7.09. The Bertz CT molecular complexity index is 841. The van der Waals surface area contributed by atoms with Gasteiger partial charge in [-0.1, -0.05) is 12.1 Å². The number of carboxylic acids is 1. The molecule has 0 amide bonds. The Labute approximate surface area is 152 Å². The van der Waals surface area contributed by atoms with E-state index in [1.54, 1.807) is 34.9 Å². The van der Waals surface area contributed by atoms with Crippen LogP contribution in [0.15, 0.2) is 41.6 Å². The lowest BCUT2D eigenvalue weighted by Crippen LogP contribution is -2.34. The minimum atomic E-state index is -3.45. The van der Waals surface area contributed by atoms with Crippen LogP contribution in [-0.4, -0.2) is 66.2 Å². The Hall–Kier alpha value is -2.07. The van der Waals surface area contributed by atoms with Crippen molar-refractivity contribution in [2.45, 2.75) is 24.3 Å². The van der Waals surface area contributed by atoms with Crippen molar-refractivity contribution < 1.29 is 23.4 Å². The molecule has 142 valence electrons. The molecule has 3 rings (SSSR count). The molecule has 1 aliphatic rings. The summed E-state index contributed by atoms with van der Waals surface area (Å²) >= 11 is 0. The molecule has 1 aromatic heterocycles. The van der Waals surface area contributed by atoms with Crippen molar-refractivity contribution in [3.63, 3.8) is 0 Å². The third-order valence-corrected chi connectivity index (χ3v) is 5.87. The quantitative estimate of drug-likeness (QED) is 0.715. The van der Waals surface area contributed by atoms with Crippen LogP contribution in [0, 0.1) is 0 Å². The van der Waals surface area contributed by atoms with Gasteiger partial charge in [-0.3, -0.25) is 4.98 Å². The monoisotopic (exact) mass is 381 g/mol. The maximum atomic E-state index is 12.8. The minimum absolute atomic E-state index is 0.374. The highest BCUT2D eigenvalue weighted by atomic mass is 32.2. The lowest BCUT2D eigenvalue weighted by molar-refractivity contribution is -0.145. The van der Waals surface area contributed by atoms with E-state index in [0.717, 1.165) is 23.7 Å². The number of aliphatic hydroxyl groups excluding tert-OH is 1. The second-order valence-electron chi connectivity index (χ2n) is 5.87. The summed E-state index contributed by atoms with van der Waals surface area (Å²) in [6.45, 7) is 3.85. The number of fused-ring (bicyclic) bond motifs is 1. The summed E-state index contributed by atoms with van der Waals surface area (Å²) in [5.74, 6) is -1.19. The number of nitrogens with zero attached hydrogens (tertiary/aromatic N) is 2. The van der Waals surface area contributed by atoms with E-state index in [1.165, 1.54) is 6.92 Å². The largest absolute Gasteiger partial charge is 0.479 e. The average Bonchev–Trinajstić information content (AvgIpc) is 2.91. The number of hydrogen-bond acceptors (Lipinski definition) is 6. The van der Waals surface area contributed by atoms with Crippen molar-refractivity contribution in [1.82, 2.24) is 14.6 Å². The SMILES string of the molecule is CC(O)C(=O)O.O=S(=O)(c1cccc2cnccc12)N1CCCNCC1. The Morgan fingerprint density at radius 3 is 2.69 bits per heavy atom. The maximum Gasteiger partial charge on any atom is 0.332 e. The topological polar surface area (TPSA) is 120 Å². The fraction of sp³-hybridized carbons (Fsp3) is 0.412. The molecular formula is C17H23N3O5S. The molecular weight excluding hydrogens is 358 g/mol. The summed E-state index contributed by atoms with van der Waals surface area (Å²) in [6.07, 6.45) is 2.93. The number of sulfonamides is 1. The third-order valence-electron chi connectivity index (χ3n) is 3.91. The number of aliphatic hydroxyl groups is 1. The molecule has 0 aliphatic carbocycles. The van der Waals surface area contributed by atoms with Gasteiger partial charge in [0.15, 0.2) is 0 Å². The molecule has 8 nitrogen and oxygen atoms in total. The number of pyridine rings is 1. The fourth-order valence-electron chi connectivity index (χ4n) is 2.52. The van der Waals surface area contributed by atoms with Crippen LogP contribution in [0.2, 0.25) is 0 Å². The molecule has 3 N–H and O–H groups in total. The van der Waals surface area contributed by atoms with Crippen LogP contribution in [0.3, 0.4) is 0 Å². The van der Waals surface area contributed by atoms with Crippen LogP contribution in [0.4, 0.5) is 0 Å². The highest BCUT2D eigenvalue weighted by Gasteiger charge is 2.26. The van der Waals surface area contributed by atoms with E-state index < -0.39 is 22.1 Å². The average molecular weight is 381 g/mol. The first kappa shape index (κ1) is 20.2. The van der Waals surface area contributed by atoms with Crippen molar-refractivity contribution >= 4 is 26.8 Å². The molecule has 0 radical (unpaired) electrons. The zero-order valence-electron chi connectivity index (χ0n) is 14.5. The highest BCUT2D eigenvalue weighted by Crippen LogP contribution is 2.25. The van der Waals surface area contributed by atoms with Crippen LogP contribution in [-0.2, 0) is 14.8 Å². The molecule has 1 aromatic carbocycles. The molecule has 1 atom stereocenters. The van der Waals surface area contributed by atoms with Crippen molar-refractivity contribution in [3.8, 4) is 0 Å². The van der Waals surface area contributed by atoms with E-state index in [0.29, 0.717) is 24.5 Å². The minimum Gasteiger partial charge on any atom is -0.479 e. The summed E-state index contributed by atoms with van der Waals surface area (Å²) in [5, 5.41) is 20.6. The fourth-order valence-corrected chi connectivity index (χ4v) is 4.21. The molecule has 0 saturated carbocycles. The van der Waals surface area contributed by atoms with E-state index >= 15 is 0 Å². The number of benzene rings is 1. The highest BCUT2D eigenvalue weighted by molar-refractivity contribution is 7.89. The van der Waals surface area contributed by atoms with Gasteiger partial charge in [-0.15, -0.1) is 0 Å². The lowest BCUT2D eigenvalue weighted by atomic mass is 10.2. The van der Waals surface area contributed by atoms with E-state index in [2.05, 4.69) is 10.3 Å². The summed E-state index contributed by atoms with van der Waals surface area (Å²) in [5.41, 5.74) is 0.